The molecule has 0 saturated heterocycles. The highest BCUT2D eigenvalue weighted by molar-refractivity contribution is 5.53. The van der Waals surface area contributed by atoms with Crippen molar-refractivity contribution in [3.05, 3.63) is 23.5 Å². The molecule has 1 saturated carbocycles. The second-order valence-electron chi connectivity index (χ2n) is 5.95. The highest BCUT2D eigenvalue weighted by atomic mass is 16.5. The summed E-state index contributed by atoms with van der Waals surface area (Å²) in [7, 11) is 2.12. The number of ether oxygens (including phenoxy) is 1. The van der Waals surface area contributed by atoms with E-state index in [1.807, 2.05) is 13.1 Å². The molecule has 4 heteroatoms. The van der Waals surface area contributed by atoms with Crippen LogP contribution in [0.3, 0.4) is 0 Å². The quantitative estimate of drug-likeness (QED) is 0.792. The van der Waals surface area contributed by atoms with E-state index < -0.39 is 0 Å². The summed E-state index contributed by atoms with van der Waals surface area (Å²) in [5.41, 5.74) is 3.60. The molecule has 0 unspecified atom stereocenters. The third-order valence-corrected chi connectivity index (χ3v) is 3.55. The minimum absolute atomic E-state index is 0.290. The van der Waals surface area contributed by atoms with Gasteiger partial charge in [0.2, 0.25) is 0 Å². The summed E-state index contributed by atoms with van der Waals surface area (Å²) in [6.07, 6.45) is 4.91. The Hall–Kier alpha value is -1.13. The largest absolute Gasteiger partial charge is 0.377 e. The van der Waals surface area contributed by atoms with Crippen molar-refractivity contribution in [3.63, 3.8) is 0 Å². The van der Waals surface area contributed by atoms with Gasteiger partial charge in [0, 0.05) is 49.3 Å². The molecule has 1 fully saturated rings. The monoisotopic (exact) mass is 277 g/mol. The second-order valence-corrected chi connectivity index (χ2v) is 5.95. The van der Waals surface area contributed by atoms with Gasteiger partial charge in [0.25, 0.3) is 0 Å². The van der Waals surface area contributed by atoms with Crippen molar-refractivity contribution in [2.75, 3.05) is 25.1 Å². The Morgan fingerprint density at radius 3 is 2.85 bits per heavy atom. The molecule has 2 rings (SSSR count). The maximum Gasteiger partial charge on any atom is 0.0644 e. The topological polar surface area (TPSA) is 37.4 Å². The first-order chi connectivity index (χ1) is 9.56. The third-order valence-electron chi connectivity index (χ3n) is 3.55. The Labute approximate surface area is 122 Å². The fourth-order valence-electron chi connectivity index (χ4n) is 2.15. The first kappa shape index (κ1) is 15.3. The fraction of sp³-hybridized carbons (Fsp3) is 0.688. The van der Waals surface area contributed by atoms with Crippen LogP contribution in [0.25, 0.3) is 0 Å². The smallest absolute Gasteiger partial charge is 0.0644 e. The summed E-state index contributed by atoms with van der Waals surface area (Å²) in [6.45, 7) is 8.74. The van der Waals surface area contributed by atoms with Crippen molar-refractivity contribution in [1.29, 1.82) is 0 Å². The summed E-state index contributed by atoms with van der Waals surface area (Å²) in [5.74, 6) is 0. The van der Waals surface area contributed by atoms with E-state index in [0.29, 0.717) is 6.10 Å². The number of hydrogen-bond acceptors (Lipinski definition) is 4. The number of hydrogen-bond donors (Lipinski definition) is 1. The molecule has 4 nitrogen and oxygen atoms in total. The van der Waals surface area contributed by atoms with Gasteiger partial charge in [-0.25, -0.2) is 0 Å². The zero-order valence-corrected chi connectivity index (χ0v) is 13.1. The van der Waals surface area contributed by atoms with Crippen LogP contribution in [0.5, 0.6) is 0 Å². The van der Waals surface area contributed by atoms with Crippen LogP contribution in [-0.2, 0) is 11.3 Å². The molecule has 1 aliphatic rings. The van der Waals surface area contributed by atoms with E-state index >= 15 is 0 Å². The number of nitrogens with one attached hydrogen (secondary N) is 1. The molecule has 0 aromatic carbocycles. The summed E-state index contributed by atoms with van der Waals surface area (Å²) in [5, 5.41) is 3.56. The van der Waals surface area contributed by atoms with Gasteiger partial charge in [-0.2, -0.15) is 0 Å². The Bertz CT molecular complexity index is 430. The highest BCUT2D eigenvalue weighted by Crippen LogP contribution is 2.23. The first-order valence-corrected chi connectivity index (χ1v) is 7.58. The molecule has 112 valence electrons. The van der Waals surface area contributed by atoms with Gasteiger partial charge in [-0.15, -0.1) is 0 Å². The van der Waals surface area contributed by atoms with Gasteiger partial charge in [0.05, 0.1) is 12.7 Å². The zero-order chi connectivity index (χ0) is 14.5. The van der Waals surface area contributed by atoms with Crippen LogP contribution in [0.4, 0.5) is 5.69 Å². The van der Waals surface area contributed by atoms with Crippen molar-refractivity contribution in [2.24, 2.45) is 0 Å². The highest BCUT2D eigenvalue weighted by Gasteiger charge is 2.21. The van der Waals surface area contributed by atoms with Gasteiger partial charge in [-0.3, -0.25) is 4.98 Å². The molecule has 0 radical (unpaired) electrons. The van der Waals surface area contributed by atoms with Crippen molar-refractivity contribution in [3.8, 4) is 0 Å². The number of pyridine rings is 1. The van der Waals surface area contributed by atoms with Crippen LogP contribution in [0.2, 0.25) is 0 Å². The molecule has 0 bridgehead atoms. The number of rotatable bonds is 8. The first-order valence-electron chi connectivity index (χ1n) is 7.58. The summed E-state index contributed by atoms with van der Waals surface area (Å²) in [4.78, 5) is 6.70. The minimum atomic E-state index is 0.290. The molecule has 0 spiro atoms. The Kier molecular flexibility index (Phi) is 5.38. The summed E-state index contributed by atoms with van der Waals surface area (Å²) < 4.78 is 5.64. The predicted molar refractivity (Wildman–Crippen MR) is 83.2 cm³/mol. The minimum Gasteiger partial charge on any atom is -0.377 e. The van der Waals surface area contributed by atoms with E-state index in [1.54, 1.807) is 0 Å². The van der Waals surface area contributed by atoms with Crippen LogP contribution < -0.4 is 10.2 Å². The molecule has 0 atom stereocenters. The molecule has 1 aromatic heterocycles. The predicted octanol–water partition coefficient (Wildman–Crippen LogP) is 2.50. The lowest BCUT2D eigenvalue weighted by molar-refractivity contribution is 0.0846. The third kappa shape index (κ3) is 4.76. The second kappa shape index (κ2) is 7.04. The van der Waals surface area contributed by atoms with Crippen LogP contribution in [-0.4, -0.2) is 37.3 Å². The van der Waals surface area contributed by atoms with Crippen molar-refractivity contribution >= 4 is 5.69 Å². The van der Waals surface area contributed by atoms with Crippen molar-refractivity contribution < 1.29 is 4.74 Å². The summed E-state index contributed by atoms with van der Waals surface area (Å²) in [6, 6.07) is 2.89. The number of nitrogens with zero attached hydrogens (tertiary/aromatic N) is 2. The standard InChI is InChI=1S/C16H27N3O/c1-12(2)20-8-7-19(4)16-9-13(3)17-10-14(16)11-18-15-5-6-15/h9-10,12,15,18H,5-8,11H2,1-4H3. The molecule has 1 aliphatic carbocycles. The molecule has 1 heterocycles. The lowest BCUT2D eigenvalue weighted by Crippen LogP contribution is -2.26. The number of anilines is 1. The van der Waals surface area contributed by atoms with E-state index in [4.69, 9.17) is 4.74 Å². The summed E-state index contributed by atoms with van der Waals surface area (Å²) >= 11 is 0. The average Bonchev–Trinajstić information content (AvgIpc) is 3.20. The fourth-order valence-corrected chi connectivity index (χ4v) is 2.15. The molecule has 1 N–H and O–H groups in total. The molecule has 0 amide bonds. The van der Waals surface area contributed by atoms with E-state index in [1.165, 1.54) is 24.1 Å². The molecule has 0 aliphatic heterocycles. The van der Waals surface area contributed by atoms with E-state index in [9.17, 15) is 0 Å². The lowest BCUT2D eigenvalue weighted by Gasteiger charge is -2.23. The normalized spacial score (nSPS) is 14.8. The molecular formula is C16H27N3O. The lowest BCUT2D eigenvalue weighted by atomic mass is 10.2. The van der Waals surface area contributed by atoms with Crippen LogP contribution in [0.1, 0.15) is 37.9 Å². The number of likely N-dealkylation sites (N-methyl/N-ethyl adjacent to an activating group) is 1. The van der Waals surface area contributed by atoms with E-state index in [-0.39, 0.29) is 0 Å². The van der Waals surface area contributed by atoms with Crippen LogP contribution >= 0.6 is 0 Å². The Morgan fingerprint density at radius 1 is 1.45 bits per heavy atom. The van der Waals surface area contributed by atoms with Crippen LogP contribution in [0, 0.1) is 6.92 Å². The Balaban J connectivity index is 1.96. The van der Waals surface area contributed by atoms with Gasteiger partial charge in [0.1, 0.15) is 0 Å². The van der Waals surface area contributed by atoms with Gasteiger partial charge in [-0.1, -0.05) is 0 Å². The van der Waals surface area contributed by atoms with Crippen molar-refractivity contribution in [1.82, 2.24) is 10.3 Å². The molecule has 1 aromatic rings. The SMILES string of the molecule is Cc1cc(N(C)CCOC(C)C)c(CNC2CC2)cn1. The Morgan fingerprint density at radius 2 is 2.20 bits per heavy atom. The molecular weight excluding hydrogens is 250 g/mol. The van der Waals surface area contributed by atoms with Crippen LogP contribution in [0.15, 0.2) is 12.3 Å². The van der Waals surface area contributed by atoms with Gasteiger partial charge >= 0.3 is 0 Å². The van der Waals surface area contributed by atoms with Gasteiger partial charge in [-0.05, 0) is 39.7 Å². The number of aryl methyl sites for hydroxylation is 1. The van der Waals surface area contributed by atoms with E-state index in [0.717, 1.165) is 31.4 Å². The average molecular weight is 277 g/mol. The maximum atomic E-state index is 5.64. The van der Waals surface area contributed by atoms with Crippen molar-refractivity contribution in [2.45, 2.75) is 52.3 Å². The number of aromatic nitrogens is 1. The maximum absolute atomic E-state index is 5.64. The zero-order valence-electron chi connectivity index (χ0n) is 13.1. The van der Waals surface area contributed by atoms with E-state index in [2.05, 4.69) is 42.2 Å². The molecule has 20 heavy (non-hydrogen) atoms. The van der Waals surface area contributed by atoms with Gasteiger partial charge in [0.15, 0.2) is 0 Å². The van der Waals surface area contributed by atoms with Gasteiger partial charge < -0.3 is 15.0 Å².